The first-order valence-electron chi connectivity index (χ1n) is 5.42. The van der Waals surface area contributed by atoms with Gasteiger partial charge in [0.25, 0.3) is 5.69 Å². The van der Waals surface area contributed by atoms with Crippen LogP contribution in [0.2, 0.25) is 0 Å². The molecule has 6 nitrogen and oxygen atoms in total. The molecule has 7 heteroatoms. The summed E-state index contributed by atoms with van der Waals surface area (Å²) < 4.78 is 4.95. The van der Waals surface area contributed by atoms with E-state index in [2.05, 4.69) is 5.32 Å². The van der Waals surface area contributed by atoms with Crippen LogP contribution in [0.3, 0.4) is 0 Å². The molecule has 0 saturated carbocycles. The van der Waals surface area contributed by atoms with Gasteiger partial charge in [-0.2, -0.15) is 0 Å². The van der Waals surface area contributed by atoms with E-state index < -0.39 is 4.92 Å². The molecular weight excluding hydrogens is 260 g/mol. The quantitative estimate of drug-likeness (QED) is 0.652. The van der Waals surface area contributed by atoms with Crippen molar-refractivity contribution in [3.8, 4) is 11.5 Å². The zero-order valence-corrected chi connectivity index (χ0v) is 10.7. The van der Waals surface area contributed by atoms with E-state index in [1.807, 2.05) is 0 Å². The number of methoxy groups -OCH3 is 1. The Hall–Kier alpha value is -1.53. The average Bonchev–Trinajstić information content (AvgIpc) is 2.82. The van der Waals surface area contributed by atoms with Crippen LogP contribution in [0, 0.1) is 10.1 Å². The molecule has 100 valence electrons. The van der Waals surface area contributed by atoms with Crippen molar-refractivity contribution in [1.29, 1.82) is 0 Å². The van der Waals surface area contributed by atoms with Gasteiger partial charge in [0, 0.05) is 17.7 Å². The maximum atomic E-state index is 10.8. The van der Waals surface area contributed by atoms with Crippen molar-refractivity contribution in [2.24, 2.45) is 0 Å². The summed E-state index contributed by atoms with van der Waals surface area (Å²) in [5.74, 6) is 0.125. The van der Waals surface area contributed by atoms with Crippen LogP contribution < -0.4 is 10.1 Å². The van der Waals surface area contributed by atoms with Crippen LogP contribution in [0.15, 0.2) is 12.1 Å². The Balaban J connectivity index is 0.00000162. The highest BCUT2D eigenvalue weighted by Gasteiger charge is 2.24. The Bertz CT molecular complexity index is 447. The summed E-state index contributed by atoms with van der Waals surface area (Å²) >= 11 is 0. The predicted molar refractivity (Wildman–Crippen MR) is 68.5 cm³/mol. The Morgan fingerprint density at radius 1 is 1.56 bits per heavy atom. The van der Waals surface area contributed by atoms with Gasteiger partial charge in [-0.1, -0.05) is 0 Å². The minimum absolute atomic E-state index is 0. The summed E-state index contributed by atoms with van der Waals surface area (Å²) in [5, 5.41) is 24.0. The van der Waals surface area contributed by atoms with E-state index in [1.54, 1.807) is 0 Å². The predicted octanol–water partition coefficient (Wildman–Crippen LogP) is 2.16. The summed E-state index contributed by atoms with van der Waals surface area (Å²) in [7, 11) is 1.38. The summed E-state index contributed by atoms with van der Waals surface area (Å²) in [6.07, 6.45) is 1.85. The van der Waals surface area contributed by atoms with E-state index in [0.717, 1.165) is 19.4 Å². The molecule has 0 spiro atoms. The Morgan fingerprint density at radius 3 is 2.78 bits per heavy atom. The van der Waals surface area contributed by atoms with Crippen molar-refractivity contribution in [2.75, 3.05) is 13.7 Å². The number of nitrogens with one attached hydrogen (secondary N) is 1. The van der Waals surface area contributed by atoms with Gasteiger partial charge in [0.2, 0.25) is 0 Å². The molecule has 1 atom stereocenters. The molecule has 0 aromatic heterocycles. The number of halogens is 1. The lowest BCUT2D eigenvalue weighted by atomic mass is 10.0. The molecule has 0 unspecified atom stereocenters. The minimum Gasteiger partial charge on any atom is -0.504 e. The number of phenols is 1. The first kappa shape index (κ1) is 14.5. The van der Waals surface area contributed by atoms with Crippen LogP contribution in [0.4, 0.5) is 5.69 Å². The van der Waals surface area contributed by atoms with Gasteiger partial charge in [0.15, 0.2) is 11.5 Å². The van der Waals surface area contributed by atoms with Gasteiger partial charge in [-0.25, -0.2) is 0 Å². The van der Waals surface area contributed by atoms with Gasteiger partial charge in [-0.15, -0.1) is 12.4 Å². The molecule has 2 N–H and O–H groups in total. The Labute approximate surface area is 111 Å². The number of hydrogen-bond acceptors (Lipinski definition) is 5. The largest absolute Gasteiger partial charge is 0.504 e. The van der Waals surface area contributed by atoms with Gasteiger partial charge >= 0.3 is 0 Å². The second kappa shape index (κ2) is 5.88. The highest BCUT2D eigenvalue weighted by Crippen LogP contribution is 2.39. The smallest absolute Gasteiger partial charge is 0.273 e. The lowest BCUT2D eigenvalue weighted by Gasteiger charge is -2.14. The van der Waals surface area contributed by atoms with Crippen molar-refractivity contribution >= 4 is 18.1 Å². The van der Waals surface area contributed by atoms with E-state index in [-0.39, 0.29) is 35.6 Å². The summed E-state index contributed by atoms with van der Waals surface area (Å²) in [6.45, 7) is 0.856. The molecule has 1 aromatic rings. The third-order valence-corrected chi connectivity index (χ3v) is 2.96. The molecule has 0 radical (unpaired) electrons. The lowest BCUT2D eigenvalue weighted by Crippen LogP contribution is -2.13. The maximum absolute atomic E-state index is 10.8. The molecule has 0 aliphatic carbocycles. The molecule has 1 fully saturated rings. The zero-order chi connectivity index (χ0) is 12.4. The first-order chi connectivity index (χ1) is 8.13. The van der Waals surface area contributed by atoms with Gasteiger partial charge < -0.3 is 15.2 Å². The normalized spacial score (nSPS) is 18.2. The molecule has 18 heavy (non-hydrogen) atoms. The lowest BCUT2D eigenvalue weighted by molar-refractivity contribution is -0.385. The fourth-order valence-corrected chi connectivity index (χ4v) is 2.09. The number of ether oxygens (including phenoxy) is 1. The molecule has 1 heterocycles. The van der Waals surface area contributed by atoms with Gasteiger partial charge in [-0.3, -0.25) is 10.1 Å². The average molecular weight is 275 g/mol. The number of nitro benzene ring substituents is 1. The third kappa shape index (κ3) is 2.65. The van der Waals surface area contributed by atoms with Crippen molar-refractivity contribution in [1.82, 2.24) is 5.32 Å². The van der Waals surface area contributed by atoms with Gasteiger partial charge in [0.1, 0.15) is 0 Å². The first-order valence-corrected chi connectivity index (χ1v) is 5.42. The highest BCUT2D eigenvalue weighted by atomic mass is 35.5. The zero-order valence-electron chi connectivity index (χ0n) is 9.88. The highest BCUT2D eigenvalue weighted by molar-refractivity contribution is 5.85. The fourth-order valence-electron chi connectivity index (χ4n) is 2.09. The van der Waals surface area contributed by atoms with Crippen molar-refractivity contribution in [2.45, 2.75) is 18.9 Å². The van der Waals surface area contributed by atoms with Gasteiger partial charge in [0.05, 0.1) is 18.1 Å². The van der Waals surface area contributed by atoms with Crippen LogP contribution in [-0.2, 0) is 0 Å². The Morgan fingerprint density at radius 2 is 2.28 bits per heavy atom. The molecule has 1 aliphatic heterocycles. The van der Waals surface area contributed by atoms with E-state index in [0.29, 0.717) is 5.56 Å². The summed E-state index contributed by atoms with van der Waals surface area (Å²) in [6, 6.07) is 2.60. The third-order valence-electron chi connectivity index (χ3n) is 2.96. The molecular formula is C11H15ClN2O4. The number of non-ortho nitro benzene ring substituents is 1. The summed E-state index contributed by atoms with van der Waals surface area (Å²) in [4.78, 5) is 10.3. The number of benzene rings is 1. The molecule has 1 aliphatic rings. The van der Waals surface area contributed by atoms with Crippen LogP contribution in [0.5, 0.6) is 11.5 Å². The topological polar surface area (TPSA) is 84.6 Å². The van der Waals surface area contributed by atoms with Gasteiger partial charge in [-0.05, 0) is 19.4 Å². The Kier molecular flexibility index (Phi) is 4.75. The number of rotatable bonds is 3. The molecule has 0 amide bonds. The van der Waals surface area contributed by atoms with Crippen molar-refractivity contribution < 1.29 is 14.8 Å². The van der Waals surface area contributed by atoms with Crippen molar-refractivity contribution in [3.05, 3.63) is 27.8 Å². The second-order valence-corrected chi connectivity index (χ2v) is 3.99. The molecule has 1 aromatic carbocycles. The van der Waals surface area contributed by atoms with Crippen LogP contribution in [0.25, 0.3) is 0 Å². The number of phenolic OH excluding ortho intramolecular Hbond substituents is 1. The van der Waals surface area contributed by atoms with Crippen molar-refractivity contribution in [3.63, 3.8) is 0 Å². The van der Waals surface area contributed by atoms with E-state index in [9.17, 15) is 15.2 Å². The van der Waals surface area contributed by atoms with E-state index in [4.69, 9.17) is 4.74 Å². The summed E-state index contributed by atoms with van der Waals surface area (Å²) in [5.41, 5.74) is 0.469. The SMILES string of the molecule is COc1cc([N+](=O)[O-])cc([C@H]2CCCN2)c1O.Cl. The minimum atomic E-state index is -0.486. The van der Waals surface area contributed by atoms with E-state index >= 15 is 0 Å². The van der Waals surface area contributed by atoms with Crippen LogP contribution >= 0.6 is 12.4 Å². The van der Waals surface area contributed by atoms with Crippen LogP contribution in [0.1, 0.15) is 24.4 Å². The fraction of sp³-hybridized carbons (Fsp3) is 0.455. The van der Waals surface area contributed by atoms with Crippen LogP contribution in [-0.4, -0.2) is 23.7 Å². The molecule has 1 saturated heterocycles. The number of hydrogen-bond donors (Lipinski definition) is 2. The van der Waals surface area contributed by atoms with E-state index in [1.165, 1.54) is 19.2 Å². The molecule has 2 rings (SSSR count). The number of nitrogens with zero attached hydrogens (tertiary/aromatic N) is 1. The number of nitro groups is 1. The number of aromatic hydroxyl groups is 1. The molecule has 0 bridgehead atoms. The standard InChI is InChI=1S/C11H14N2O4.ClH/c1-17-10-6-7(13(15)16)5-8(11(10)14)9-3-2-4-12-9;/h5-6,9,12,14H,2-4H2,1H3;1H/t9-;/m1./s1. The monoisotopic (exact) mass is 274 g/mol. The maximum Gasteiger partial charge on any atom is 0.273 e. The second-order valence-electron chi connectivity index (χ2n) is 3.99.